The molecular formula is C10H11ClO4. The molecule has 1 aromatic carbocycles. The van der Waals surface area contributed by atoms with Crippen LogP contribution in [-0.4, -0.2) is 22.8 Å². The molecule has 0 fully saturated rings. The Morgan fingerprint density at radius 3 is 2.80 bits per heavy atom. The van der Waals surface area contributed by atoms with E-state index in [4.69, 9.17) is 16.7 Å². The van der Waals surface area contributed by atoms with E-state index in [-0.39, 0.29) is 22.9 Å². The third-order valence-corrected chi connectivity index (χ3v) is 2.10. The molecule has 0 aliphatic rings. The van der Waals surface area contributed by atoms with Gasteiger partial charge in [0.15, 0.2) is 6.10 Å². The van der Waals surface area contributed by atoms with Crippen molar-refractivity contribution in [1.29, 1.82) is 0 Å². The molecule has 15 heavy (non-hydrogen) atoms. The lowest BCUT2D eigenvalue weighted by molar-refractivity contribution is -0.153. The van der Waals surface area contributed by atoms with Crippen LogP contribution in [0.25, 0.3) is 0 Å². The van der Waals surface area contributed by atoms with Crippen LogP contribution < -0.4 is 0 Å². The van der Waals surface area contributed by atoms with Gasteiger partial charge in [-0.3, -0.25) is 0 Å². The Bertz CT molecular complexity index is 364. The number of ether oxygens (including phenoxy) is 1. The Balaban J connectivity index is 2.86. The normalized spacial score (nSPS) is 12.2. The van der Waals surface area contributed by atoms with Crippen LogP contribution in [0.4, 0.5) is 0 Å². The quantitative estimate of drug-likeness (QED) is 0.775. The number of phenols is 1. The van der Waals surface area contributed by atoms with E-state index in [9.17, 15) is 9.90 Å². The summed E-state index contributed by atoms with van der Waals surface area (Å²) in [6.07, 6.45) is -1.37. The van der Waals surface area contributed by atoms with Crippen molar-refractivity contribution in [3.05, 3.63) is 28.8 Å². The monoisotopic (exact) mass is 230 g/mol. The summed E-state index contributed by atoms with van der Waals surface area (Å²) in [6, 6.07) is 4.03. The minimum Gasteiger partial charge on any atom is -0.506 e. The van der Waals surface area contributed by atoms with Gasteiger partial charge < -0.3 is 14.9 Å². The lowest BCUT2D eigenvalue weighted by Crippen LogP contribution is -2.15. The van der Waals surface area contributed by atoms with E-state index in [0.29, 0.717) is 0 Å². The molecule has 0 saturated heterocycles. The molecule has 0 radical (unpaired) electrons. The first kappa shape index (κ1) is 11.8. The molecule has 0 aliphatic carbocycles. The topological polar surface area (TPSA) is 66.8 Å². The Morgan fingerprint density at radius 1 is 1.60 bits per heavy atom. The number of hydrogen-bond donors (Lipinski definition) is 2. The highest BCUT2D eigenvalue weighted by Crippen LogP contribution is 2.26. The first-order valence-corrected chi connectivity index (χ1v) is 4.77. The van der Waals surface area contributed by atoms with Gasteiger partial charge in [0.25, 0.3) is 0 Å². The number of halogens is 1. The molecule has 0 aromatic heterocycles. The number of aliphatic hydroxyl groups excluding tert-OH is 1. The van der Waals surface area contributed by atoms with E-state index in [2.05, 4.69) is 4.74 Å². The van der Waals surface area contributed by atoms with E-state index in [1.54, 1.807) is 6.92 Å². The molecule has 0 amide bonds. The van der Waals surface area contributed by atoms with Crippen molar-refractivity contribution in [3.8, 4) is 5.75 Å². The van der Waals surface area contributed by atoms with Crippen LogP contribution in [0.2, 0.25) is 5.02 Å². The molecule has 0 bridgehead atoms. The van der Waals surface area contributed by atoms with E-state index < -0.39 is 12.1 Å². The van der Waals surface area contributed by atoms with E-state index in [1.165, 1.54) is 18.2 Å². The van der Waals surface area contributed by atoms with Crippen molar-refractivity contribution in [3.63, 3.8) is 0 Å². The van der Waals surface area contributed by atoms with Gasteiger partial charge in [-0.1, -0.05) is 17.7 Å². The molecule has 0 aliphatic heterocycles. The Hall–Kier alpha value is -1.26. The number of aliphatic hydroxyl groups is 1. The van der Waals surface area contributed by atoms with Crippen molar-refractivity contribution in [2.75, 3.05) is 6.61 Å². The van der Waals surface area contributed by atoms with Crippen molar-refractivity contribution < 1.29 is 19.7 Å². The summed E-state index contributed by atoms with van der Waals surface area (Å²) in [5.41, 5.74) is 0.288. The van der Waals surface area contributed by atoms with E-state index in [0.717, 1.165) is 0 Å². The lowest BCUT2D eigenvalue weighted by Gasteiger charge is -2.10. The fraction of sp³-hybridized carbons (Fsp3) is 0.300. The summed E-state index contributed by atoms with van der Waals surface area (Å²) >= 11 is 5.63. The molecule has 0 heterocycles. The number of esters is 1. The van der Waals surface area contributed by atoms with Crippen molar-refractivity contribution >= 4 is 17.6 Å². The van der Waals surface area contributed by atoms with Crippen LogP contribution in [0.5, 0.6) is 5.75 Å². The van der Waals surface area contributed by atoms with Crippen LogP contribution in [0.3, 0.4) is 0 Å². The maximum Gasteiger partial charge on any atom is 0.339 e. The molecule has 1 aromatic rings. The van der Waals surface area contributed by atoms with Crippen LogP contribution in [-0.2, 0) is 9.53 Å². The predicted molar refractivity (Wildman–Crippen MR) is 54.7 cm³/mol. The number of hydrogen-bond acceptors (Lipinski definition) is 4. The van der Waals surface area contributed by atoms with Gasteiger partial charge in [0, 0.05) is 0 Å². The standard InChI is InChI=1S/C10H11ClO4/c1-2-15-10(14)9(13)6-3-4-8(12)7(11)5-6/h3-5,9,12-13H,2H2,1H3. The molecule has 4 nitrogen and oxygen atoms in total. The highest BCUT2D eigenvalue weighted by Gasteiger charge is 2.19. The smallest absolute Gasteiger partial charge is 0.339 e. The SMILES string of the molecule is CCOC(=O)C(O)c1ccc(O)c(Cl)c1. The fourth-order valence-electron chi connectivity index (χ4n) is 1.05. The largest absolute Gasteiger partial charge is 0.506 e. The van der Waals surface area contributed by atoms with Crippen molar-refractivity contribution in [1.82, 2.24) is 0 Å². The first-order chi connectivity index (χ1) is 7.06. The van der Waals surface area contributed by atoms with Crippen LogP contribution in [0, 0.1) is 0 Å². The number of carbonyl (C=O) groups is 1. The molecule has 0 saturated carbocycles. The number of carbonyl (C=O) groups excluding carboxylic acids is 1. The minimum absolute atomic E-state index is 0.0795. The van der Waals surface area contributed by atoms with E-state index >= 15 is 0 Å². The van der Waals surface area contributed by atoms with Crippen molar-refractivity contribution in [2.45, 2.75) is 13.0 Å². The highest BCUT2D eigenvalue weighted by atomic mass is 35.5. The van der Waals surface area contributed by atoms with Gasteiger partial charge >= 0.3 is 5.97 Å². The third kappa shape index (κ3) is 2.84. The highest BCUT2D eigenvalue weighted by molar-refractivity contribution is 6.32. The van der Waals surface area contributed by atoms with Gasteiger partial charge in [0.05, 0.1) is 11.6 Å². The maximum atomic E-state index is 11.2. The summed E-state index contributed by atoms with van der Waals surface area (Å²) in [6.45, 7) is 1.84. The Labute approximate surface area is 92.1 Å². The molecular weight excluding hydrogens is 220 g/mol. The number of rotatable bonds is 3. The minimum atomic E-state index is -1.37. The van der Waals surface area contributed by atoms with Gasteiger partial charge in [-0.05, 0) is 24.6 Å². The molecule has 2 N–H and O–H groups in total. The van der Waals surface area contributed by atoms with Gasteiger partial charge in [-0.2, -0.15) is 0 Å². The molecule has 1 rings (SSSR count). The molecule has 5 heteroatoms. The second-order valence-electron chi connectivity index (χ2n) is 2.87. The van der Waals surface area contributed by atoms with Gasteiger partial charge in [0.1, 0.15) is 5.75 Å². The Morgan fingerprint density at radius 2 is 2.27 bits per heavy atom. The summed E-state index contributed by atoms with van der Waals surface area (Å²) in [7, 11) is 0. The van der Waals surface area contributed by atoms with E-state index in [1.807, 2.05) is 0 Å². The summed E-state index contributed by atoms with van der Waals surface area (Å²) in [4.78, 5) is 11.2. The summed E-state index contributed by atoms with van der Waals surface area (Å²) in [5, 5.41) is 18.7. The van der Waals surface area contributed by atoms with Gasteiger partial charge in [0.2, 0.25) is 0 Å². The predicted octanol–water partition coefficient (Wildman–Crippen LogP) is 1.64. The molecule has 82 valence electrons. The second-order valence-corrected chi connectivity index (χ2v) is 3.27. The number of phenolic OH excluding ortho intramolecular Hbond substituents is 1. The summed E-state index contributed by atoms with van der Waals surface area (Å²) in [5.74, 6) is -0.837. The fourth-order valence-corrected chi connectivity index (χ4v) is 1.24. The van der Waals surface area contributed by atoms with Crippen LogP contribution >= 0.6 is 11.6 Å². The number of benzene rings is 1. The maximum absolute atomic E-state index is 11.2. The van der Waals surface area contributed by atoms with Gasteiger partial charge in [-0.25, -0.2) is 4.79 Å². The zero-order valence-electron chi connectivity index (χ0n) is 8.11. The molecule has 1 atom stereocenters. The van der Waals surface area contributed by atoms with Crippen molar-refractivity contribution in [2.24, 2.45) is 0 Å². The Kier molecular flexibility index (Phi) is 3.94. The average Bonchev–Trinajstić information content (AvgIpc) is 2.21. The second kappa shape index (κ2) is 5.00. The average molecular weight is 231 g/mol. The third-order valence-electron chi connectivity index (χ3n) is 1.80. The lowest BCUT2D eigenvalue weighted by atomic mass is 10.1. The summed E-state index contributed by atoms with van der Waals surface area (Å²) < 4.78 is 4.63. The van der Waals surface area contributed by atoms with Crippen LogP contribution in [0.1, 0.15) is 18.6 Å². The zero-order chi connectivity index (χ0) is 11.4. The first-order valence-electron chi connectivity index (χ1n) is 4.39. The number of aromatic hydroxyl groups is 1. The molecule has 1 unspecified atom stereocenters. The molecule has 0 spiro atoms. The van der Waals surface area contributed by atoms with Gasteiger partial charge in [-0.15, -0.1) is 0 Å². The van der Waals surface area contributed by atoms with Crippen LogP contribution in [0.15, 0.2) is 18.2 Å². The zero-order valence-corrected chi connectivity index (χ0v) is 8.86.